The van der Waals surface area contributed by atoms with Crippen molar-refractivity contribution in [2.24, 2.45) is 17.3 Å². The van der Waals surface area contributed by atoms with Crippen molar-refractivity contribution in [3.8, 4) is 0 Å². The summed E-state index contributed by atoms with van der Waals surface area (Å²) in [7, 11) is 0. The average Bonchev–Trinajstić information content (AvgIpc) is 2.89. The Balaban J connectivity index is 1.17. The quantitative estimate of drug-likeness (QED) is 0.202. The second kappa shape index (κ2) is 12.8. The number of benzene rings is 1. The lowest BCUT2D eigenvalue weighted by Gasteiger charge is -2.54. The molecule has 4 aliphatic rings. The molecule has 0 radical (unpaired) electrons. The van der Waals surface area contributed by atoms with E-state index in [1.54, 1.807) is 5.56 Å². The third kappa shape index (κ3) is 6.79. The van der Waals surface area contributed by atoms with Crippen LogP contribution in [0.25, 0.3) is 0 Å². The highest BCUT2D eigenvalue weighted by molar-refractivity contribution is 5.31. The Morgan fingerprint density at radius 1 is 0.765 bits per heavy atom. The molecule has 0 atom stereocenters. The maximum atomic E-state index is 2.56. The van der Waals surface area contributed by atoms with Gasteiger partial charge in [0.2, 0.25) is 0 Å². The number of hydrogen-bond donors (Lipinski definition) is 0. The maximum Gasteiger partial charge on any atom is -0.00463 e. The SMILES string of the molecule is CCCCCC12CCC(c3ccc(CC/C=C/[C@H]4CC[C@H](CCCCC)CC4)cc3)(CC1)CC2. The van der Waals surface area contributed by atoms with Crippen molar-refractivity contribution in [3.63, 3.8) is 0 Å². The lowest BCUT2D eigenvalue weighted by Crippen LogP contribution is -2.44. The van der Waals surface area contributed by atoms with E-state index in [1.165, 1.54) is 134 Å². The molecule has 1 aromatic carbocycles. The van der Waals surface area contributed by atoms with Gasteiger partial charge in [-0.1, -0.05) is 95.2 Å². The Labute approximate surface area is 212 Å². The van der Waals surface area contributed by atoms with Crippen LogP contribution in [0.2, 0.25) is 0 Å². The first-order chi connectivity index (χ1) is 16.7. The number of allylic oxidation sites excluding steroid dienone is 2. The molecule has 1 aromatic rings. The number of rotatable bonds is 13. The predicted octanol–water partition coefficient (Wildman–Crippen LogP) is 10.7. The average molecular weight is 463 g/mol. The molecule has 4 aliphatic carbocycles. The molecular weight excluding hydrogens is 408 g/mol. The number of aryl methyl sites for hydroxylation is 1. The molecule has 0 heterocycles. The Hall–Kier alpha value is -1.04. The standard InChI is InChI=1S/C34H54/c1-3-5-7-11-29-14-16-30(17-15-29)12-8-9-13-31-18-20-32(21-19-31)34-26-23-33(24-27-34,25-28-34)22-10-6-4-2/h8,12,18-21,29-30H,3-7,9-11,13-17,22-28H2,1-2H3/b12-8+/t29-,30-,33?,34?. The fourth-order valence-corrected chi connectivity index (χ4v) is 7.74. The normalized spacial score (nSPS) is 31.4. The highest BCUT2D eigenvalue weighted by Crippen LogP contribution is 2.59. The predicted molar refractivity (Wildman–Crippen MR) is 149 cm³/mol. The van der Waals surface area contributed by atoms with E-state index >= 15 is 0 Å². The second-order valence-electron chi connectivity index (χ2n) is 12.7. The van der Waals surface area contributed by atoms with Crippen molar-refractivity contribution in [1.82, 2.24) is 0 Å². The minimum Gasteiger partial charge on any atom is -0.0879 e. The fourth-order valence-electron chi connectivity index (χ4n) is 7.74. The topological polar surface area (TPSA) is 0 Å². The number of hydrogen-bond acceptors (Lipinski definition) is 0. The van der Waals surface area contributed by atoms with Crippen LogP contribution < -0.4 is 0 Å². The summed E-state index contributed by atoms with van der Waals surface area (Å²) in [6.45, 7) is 4.66. The Bertz CT molecular complexity index is 705. The Kier molecular flexibility index (Phi) is 9.79. The van der Waals surface area contributed by atoms with Gasteiger partial charge in [-0.05, 0) is 117 Å². The molecule has 4 saturated carbocycles. The van der Waals surface area contributed by atoms with Gasteiger partial charge in [-0.15, -0.1) is 0 Å². The van der Waals surface area contributed by atoms with Crippen LogP contribution in [-0.4, -0.2) is 0 Å². The number of unbranched alkanes of at least 4 members (excludes halogenated alkanes) is 4. The molecule has 0 heteroatoms. The smallest absolute Gasteiger partial charge is 0.00463 e. The van der Waals surface area contributed by atoms with E-state index in [0.29, 0.717) is 5.41 Å². The summed E-state index contributed by atoms with van der Waals surface area (Å²) in [4.78, 5) is 0. The fraction of sp³-hybridized carbons (Fsp3) is 0.765. The second-order valence-corrected chi connectivity index (χ2v) is 12.7. The highest BCUT2D eigenvalue weighted by Gasteiger charge is 2.48. The van der Waals surface area contributed by atoms with Crippen molar-refractivity contribution < 1.29 is 0 Å². The molecule has 0 amide bonds. The Morgan fingerprint density at radius 2 is 1.41 bits per heavy atom. The van der Waals surface area contributed by atoms with Crippen molar-refractivity contribution in [1.29, 1.82) is 0 Å². The molecule has 2 bridgehead atoms. The molecule has 5 rings (SSSR count). The third-order valence-corrected chi connectivity index (χ3v) is 10.4. The first kappa shape index (κ1) is 26.0. The first-order valence-electron chi connectivity index (χ1n) is 15.4. The van der Waals surface area contributed by atoms with Crippen LogP contribution in [0.3, 0.4) is 0 Å². The van der Waals surface area contributed by atoms with Crippen LogP contribution in [-0.2, 0) is 11.8 Å². The van der Waals surface area contributed by atoms with Crippen molar-refractivity contribution >= 4 is 0 Å². The van der Waals surface area contributed by atoms with Gasteiger partial charge in [0, 0.05) is 0 Å². The number of fused-ring (bicyclic) bond motifs is 3. The summed E-state index contributed by atoms with van der Waals surface area (Å²) in [5.74, 6) is 1.88. The van der Waals surface area contributed by atoms with Gasteiger partial charge in [-0.3, -0.25) is 0 Å². The van der Waals surface area contributed by atoms with Gasteiger partial charge < -0.3 is 0 Å². The molecule has 0 spiro atoms. The molecule has 0 aliphatic heterocycles. The van der Waals surface area contributed by atoms with Gasteiger partial charge >= 0.3 is 0 Å². The molecule has 190 valence electrons. The van der Waals surface area contributed by atoms with Crippen LogP contribution in [0.1, 0.15) is 147 Å². The van der Waals surface area contributed by atoms with Crippen LogP contribution in [0, 0.1) is 17.3 Å². The van der Waals surface area contributed by atoms with Gasteiger partial charge in [0.1, 0.15) is 0 Å². The van der Waals surface area contributed by atoms with E-state index < -0.39 is 0 Å². The summed E-state index contributed by atoms with van der Waals surface area (Å²) in [6, 6.07) is 9.93. The minimum absolute atomic E-state index is 0.514. The van der Waals surface area contributed by atoms with E-state index in [9.17, 15) is 0 Å². The summed E-state index contributed by atoms with van der Waals surface area (Å²) in [5, 5.41) is 0. The highest BCUT2D eigenvalue weighted by atomic mass is 14.5. The van der Waals surface area contributed by atoms with E-state index in [4.69, 9.17) is 0 Å². The molecule has 34 heavy (non-hydrogen) atoms. The van der Waals surface area contributed by atoms with Crippen LogP contribution in [0.15, 0.2) is 36.4 Å². The van der Waals surface area contributed by atoms with Gasteiger partial charge in [0.05, 0.1) is 0 Å². The van der Waals surface area contributed by atoms with Crippen molar-refractivity contribution in [3.05, 3.63) is 47.5 Å². The van der Waals surface area contributed by atoms with Crippen LogP contribution in [0.4, 0.5) is 0 Å². The maximum absolute atomic E-state index is 2.56. The summed E-state index contributed by atoms with van der Waals surface area (Å²) < 4.78 is 0. The minimum atomic E-state index is 0.514. The van der Waals surface area contributed by atoms with Gasteiger partial charge in [0.25, 0.3) is 0 Å². The third-order valence-electron chi connectivity index (χ3n) is 10.4. The van der Waals surface area contributed by atoms with Gasteiger partial charge in [-0.2, -0.15) is 0 Å². The molecule has 0 unspecified atom stereocenters. The lowest BCUT2D eigenvalue weighted by molar-refractivity contribution is 0.0305. The molecule has 0 aromatic heterocycles. The van der Waals surface area contributed by atoms with E-state index in [1.807, 2.05) is 0 Å². The molecule has 0 N–H and O–H groups in total. The van der Waals surface area contributed by atoms with Gasteiger partial charge in [0.15, 0.2) is 0 Å². The summed E-state index contributed by atoms with van der Waals surface area (Å²) in [5.41, 5.74) is 4.42. The zero-order valence-electron chi connectivity index (χ0n) is 22.8. The van der Waals surface area contributed by atoms with E-state index in [0.717, 1.165) is 17.3 Å². The Morgan fingerprint density at radius 3 is 2.06 bits per heavy atom. The van der Waals surface area contributed by atoms with Crippen LogP contribution >= 0.6 is 0 Å². The summed E-state index contributed by atoms with van der Waals surface area (Å²) >= 11 is 0. The van der Waals surface area contributed by atoms with E-state index in [-0.39, 0.29) is 0 Å². The van der Waals surface area contributed by atoms with Crippen molar-refractivity contribution in [2.45, 2.75) is 148 Å². The zero-order chi connectivity index (χ0) is 23.7. The largest absolute Gasteiger partial charge is 0.0879 e. The lowest BCUT2D eigenvalue weighted by atomic mass is 9.51. The molecular formula is C34H54. The molecule has 4 fully saturated rings. The first-order valence-corrected chi connectivity index (χ1v) is 15.4. The van der Waals surface area contributed by atoms with E-state index in [2.05, 4.69) is 50.3 Å². The molecule has 0 nitrogen and oxygen atoms in total. The van der Waals surface area contributed by atoms with Gasteiger partial charge in [-0.25, -0.2) is 0 Å². The summed E-state index contributed by atoms with van der Waals surface area (Å²) in [6.07, 6.45) is 33.6. The molecule has 0 saturated heterocycles. The monoisotopic (exact) mass is 462 g/mol. The van der Waals surface area contributed by atoms with Crippen LogP contribution in [0.5, 0.6) is 0 Å². The zero-order valence-corrected chi connectivity index (χ0v) is 22.8. The van der Waals surface area contributed by atoms with Crippen molar-refractivity contribution in [2.75, 3.05) is 0 Å².